The van der Waals surface area contributed by atoms with Gasteiger partial charge < -0.3 is 19.3 Å². The maximum atomic E-state index is 11.7. The van der Waals surface area contributed by atoms with Crippen LogP contribution in [0.5, 0.6) is 11.5 Å². The van der Waals surface area contributed by atoms with Gasteiger partial charge in [0.2, 0.25) is 0 Å². The first-order chi connectivity index (χ1) is 14.7. The fourth-order valence-electron chi connectivity index (χ4n) is 4.25. The lowest BCUT2D eigenvalue weighted by Crippen LogP contribution is -2.46. The smallest absolute Gasteiger partial charge is 0.264 e. The van der Waals surface area contributed by atoms with E-state index in [0.717, 1.165) is 62.8 Å². The van der Waals surface area contributed by atoms with Crippen molar-refractivity contribution in [2.75, 3.05) is 63.3 Å². The number of carbonyl (C=O) groups excluding carboxylic acids is 1. The van der Waals surface area contributed by atoms with Crippen molar-refractivity contribution in [1.82, 2.24) is 4.90 Å². The molecule has 1 fully saturated rings. The highest BCUT2D eigenvalue weighted by Gasteiger charge is 2.22. The second-order valence-electron chi connectivity index (χ2n) is 8.00. The van der Waals surface area contributed by atoms with Crippen molar-refractivity contribution in [2.24, 2.45) is 0 Å². The maximum Gasteiger partial charge on any atom is 0.264 e. The molecule has 1 saturated heterocycles. The van der Waals surface area contributed by atoms with Gasteiger partial charge in [-0.3, -0.25) is 9.69 Å². The molecular formula is C24H31N3O3. The fraction of sp³-hybridized carbons (Fsp3) is 0.458. The summed E-state index contributed by atoms with van der Waals surface area (Å²) in [7, 11) is 3.54. The van der Waals surface area contributed by atoms with E-state index in [-0.39, 0.29) is 12.5 Å². The van der Waals surface area contributed by atoms with Gasteiger partial charge in [-0.1, -0.05) is 18.2 Å². The molecule has 0 spiro atoms. The predicted molar refractivity (Wildman–Crippen MR) is 120 cm³/mol. The van der Waals surface area contributed by atoms with Gasteiger partial charge in [0.1, 0.15) is 11.5 Å². The Bertz CT molecular complexity index is 878. The zero-order valence-electron chi connectivity index (χ0n) is 18.0. The van der Waals surface area contributed by atoms with Crippen LogP contribution in [0.15, 0.2) is 42.5 Å². The molecule has 0 radical (unpaired) electrons. The third-order valence-corrected chi connectivity index (χ3v) is 6.10. The summed E-state index contributed by atoms with van der Waals surface area (Å²) in [5, 5.41) is 0. The number of ether oxygens (including phenoxy) is 2. The van der Waals surface area contributed by atoms with Crippen LogP contribution in [-0.4, -0.2) is 64.3 Å². The van der Waals surface area contributed by atoms with Crippen LogP contribution in [0.4, 0.5) is 11.4 Å². The summed E-state index contributed by atoms with van der Waals surface area (Å²) < 4.78 is 11.1. The van der Waals surface area contributed by atoms with Crippen molar-refractivity contribution in [1.29, 1.82) is 0 Å². The van der Waals surface area contributed by atoms with Crippen molar-refractivity contribution in [3.63, 3.8) is 0 Å². The second-order valence-corrected chi connectivity index (χ2v) is 8.00. The Hall–Kier alpha value is -2.73. The SMILES string of the molecule is COc1ccccc1N1CCN(CCCCc2ccc3c(c2)OCC(=O)N3C)CC1. The molecule has 0 aromatic heterocycles. The first-order valence-corrected chi connectivity index (χ1v) is 10.8. The Balaban J connectivity index is 1.20. The molecule has 6 nitrogen and oxygen atoms in total. The van der Waals surface area contributed by atoms with Crippen molar-refractivity contribution >= 4 is 17.3 Å². The first-order valence-electron chi connectivity index (χ1n) is 10.8. The quantitative estimate of drug-likeness (QED) is 0.657. The highest BCUT2D eigenvalue weighted by atomic mass is 16.5. The molecule has 0 aliphatic carbocycles. The van der Waals surface area contributed by atoms with Crippen LogP contribution in [-0.2, 0) is 11.2 Å². The summed E-state index contributed by atoms with van der Waals surface area (Å²) in [4.78, 5) is 18.4. The lowest BCUT2D eigenvalue weighted by atomic mass is 10.1. The molecule has 2 aromatic carbocycles. The Morgan fingerprint density at radius 2 is 1.80 bits per heavy atom. The third-order valence-electron chi connectivity index (χ3n) is 6.10. The molecule has 0 N–H and O–H groups in total. The summed E-state index contributed by atoms with van der Waals surface area (Å²) >= 11 is 0. The second kappa shape index (κ2) is 9.39. The third kappa shape index (κ3) is 4.54. The number of amides is 1. The molecule has 0 saturated carbocycles. The molecule has 0 atom stereocenters. The predicted octanol–water partition coefficient (Wildman–Crippen LogP) is 3.20. The average molecular weight is 410 g/mol. The topological polar surface area (TPSA) is 45.3 Å². The standard InChI is InChI=1S/C24H31N3O3/c1-25-20-11-10-19(17-23(20)30-18-24(25)28)7-5-6-12-26-13-15-27(16-14-26)21-8-3-4-9-22(21)29-2/h3-4,8-11,17H,5-7,12-16,18H2,1-2H3. The number of unbranched alkanes of at least 4 members (excludes halogenated alkanes) is 1. The lowest BCUT2D eigenvalue weighted by molar-refractivity contribution is -0.120. The number of para-hydroxylation sites is 2. The first kappa shape index (κ1) is 20.5. The van der Waals surface area contributed by atoms with Gasteiger partial charge in [-0.15, -0.1) is 0 Å². The minimum absolute atomic E-state index is 0.000977. The number of anilines is 2. The maximum absolute atomic E-state index is 11.7. The Morgan fingerprint density at radius 1 is 1.00 bits per heavy atom. The molecule has 2 aromatic rings. The molecule has 0 bridgehead atoms. The summed E-state index contributed by atoms with van der Waals surface area (Å²) in [5.41, 5.74) is 3.34. The van der Waals surface area contributed by atoms with Gasteiger partial charge in [0, 0.05) is 33.2 Å². The van der Waals surface area contributed by atoms with E-state index in [0.29, 0.717) is 0 Å². The number of benzene rings is 2. The van der Waals surface area contributed by atoms with Crippen molar-refractivity contribution in [3.05, 3.63) is 48.0 Å². The monoisotopic (exact) mass is 409 g/mol. The van der Waals surface area contributed by atoms with E-state index < -0.39 is 0 Å². The minimum Gasteiger partial charge on any atom is -0.495 e. The number of piperazine rings is 1. The molecule has 1 amide bonds. The lowest BCUT2D eigenvalue weighted by Gasteiger charge is -2.36. The van der Waals surface area contributed by atoms with Crippen LogP contribution in [0, 0.1) is 0 Å². The number of hydrogen-bond donors (Lipinski definition) is 0. The Kier molecular flexibility index (Phi) is 6.43. The molecule has 0 unspecified atom stereocenters. The van der Waals surface area contributed by atoms with Crippen molar-refractivity contribution < 1.29 is 14.3 Å². The van der Waals surface area contributed by atoms with Gasteiger partial charge in [-0.25, -0.2) is 0 Å². The number of methoxy groups -OCH3 is 1. The molecule has 2 aliphatic rings. The van der Waals surface area contributed by atoms with E-state index in [1.807, 2.05) is 18.2 Å². The Morgan fingerprint density at radius 3 is 2.60 bits per heavy atom. The zero-order chi connectivity index (χ0) is 20.9. The largest absolute Gasteiger partial charge is 0.495 e. The summed E-state index contributed by atoms with van der Waals surface area (Å²) in [6.07, 6.45) is 3.38. The number of nitrogens with zero attached hydrogens (tertiary/aromatic N) is 3. The number of fused-ring (bicyclic) bond motifs is 1. The molecule has 160 valence electrons. The van der Waals surface area contributed by atoms with Gasteiger partial charge in [0.15, 0.2) is 6.61 Å². The van der Waals surface area contributed by atoms with Gasteiger partial charge in [-0.05, 0) is 55.6 Å². The van der Waals surface area contributed by atoms with Crippen LogP contribution in [0.3, 0.4) is 0 Å². The number of hydrogen-bond acceptors (Lipinski definition) is 5. The normalized spacial score (nSPS) is 16.9. The van der Waals surface area contributed by atoms with Crippen molar-refractivity contribution in [3.8, 4) is 11.5 Å². The highest BCUT2D eigenvalue weighted by molar-refractivity contribution is 5.97. The van der Waals surface area contributed by atoms with Crippen LogP contribution in [0.1, 0.15) is 18.4 Å². The number of aryl methyl sites for hydroxylation is 1. The number of likely N-dealkylation sites (N-methyl/N-ethyl adjacent to an activating group) is 1. The van der Waals surface area contributed by atoms with Crippen LogP contribution in [0.25, 0.3) is 0 Å². The van der Waals surface area contributed by atoms with Crippen molar-refractivity contribution in [2.45, 2.75) is 19.3 Å². The number of carbonyl (C=O) groups is 1. The number of rotatable bonds is 7. The van der Waals surface area contributed by atoms with Gasteiger partial charge in [-0.2, -0.15) is 0 Å². The van der Waals surface area contributed by atoms with Gasteiger partial charge >= 0.3 is 0 Å². The summed E-state index contributed by atoms with van der Waals surface area (Å²) in [6.45, 7) is 5.52. The van der Waals surface area contributed by atoms with Gasteiger partial charge in [0.25, 0.3) is 5.91 Å². The van der Waals surface area contributed by atoms with Crippen LogP contribution >= 0.6 is 0 Å². The molecule has 4 rings (SSSR count). The molecule has 30 heavy (non-hydrogen) atoms. The Labute approximate surface area is 179 Å². The van der Waals surface area contributed by atoms with E-state index in [4.69, 9.17) is 9.47 Å². The van der Waals surface area contributed by atoms with E-state index in [1.165, 1.54) is 17.7 Å². The summed E-state index contributed by atoms with van der Waals surface area (Å²) in [5.74, 6) is 1.78. The summed E-state index contributed by atoms with van der Waals surface area (Å²) in [6, 6.07) is 14.5. The molecule has 6 heteroatoms. The minimum atomic E-state index is 0.000977. The zero-order valence-corrected chi connectivity index (χ0v) is 18.0. The fourth-order valence-corrected chi connectivity index (χ4v) is 4.25. The van der Waals surface area contributed by atoms with E-state index in [9.17, 15) is 4.79 Å². The highest BCUT2D eigenvalue weighted by Crippen LogP contribution is 2.32. The average Bonchev–Trinajstić information content (AvgIpc) is 2.79. The van der Waals surface area contributed by atoms with E-state index in [2.05, 4.69) is 34.1 Å². The molecular weight excluding hydrogens is 378 g/mol. The van der Waals surface area contributed by atoms with E-state index >= 15 is 0 Å². The van der Waals surface area contributed by atoms with Crippen LogP contribution < -0.4 is 19.3 Å². The van der Waals surface area contributed by atoms with E-state index in [1.54, 1.807) is 19.1 Å². The molecule has 2 heterocycles. The van der Waals surface area contributed by atoms with Crippen LogP contribution in [0.2, 0.25) is 0 Å². The molecule has 2 aliphatic heterocycles. The van der Waals surface area contributed by atoms with Gasteiger partial charge in [0.05, 0.1) is 18.5 Å².